The van der Waals surface area contributed by atoms with Gasteiger partial charge in [0.2, 0.25) is 0 Å². The van der Waals surface area contributed by atoms with Gasteiger partial charge >= 0.3 is 0 Å². The number of rotatable bonds is 5. The van der Waals surface area contributed by atoms with Crippen molar-refractivity contribution in [3.63, 3.8) is 0 Å². The highest BCUT2D eigenvalue weighted by atomic mass is 35.5. The van der Waals surface area contributed by atoms with E-state index in [-0.39, 0.29) is 0 Å². The number of halogens is 2. The third-order valence-corrected chi connectivity index (χ3v) is 4.42. The quantitative estimate of drug-likeness (QED) is 0.650. The van der Waals surface area contributed by atoms with Gasteiger partial charge in [-0.25, -0.2) is 0 Å². The number of benzene rings is 1. The van der Waals surface area contributed by atoms with Crippen molar-refractivity contribution >= 4 is 28.9 Å². The minimum absolute atomic E-state index is 0.525. The smallest absolute Gasteiger partial charge is 0.0642 e. The molecule has 2 rings (SSSR count). The van der Waals surface area contributed by atoms with Crippen LogP contribution in [-0.2, 0) is 5.88 Å². The maximum absolute atomic E-state index is 6.46. The summed E-state index contributed by atoms with van der Waals surface area (Å²) in [7, 11) is 0. The monoisotopic (exact) mass is 299 g/mol. The zero-order valence-corrected chi connectivity index (χ0v) is 13.3. The van der Waals surface area contributed by atoms with Crippen molar-refractivity contribution in [3.05, 3.63) is 28.8 Å². The molecular formula is C16H23Cl2N. The molecule has 1 aliphatic rings. The van der Waals surface area contributed by atoms with Crippen LogP contribution in [0, 0.1) is 5.92 Å². The molecule has 1 aliphatic carbocycles. The van der Waals surface area contributed by atoms with Crippen molar-refractivity contribution < 1.29 is 0 Å². The molecule has 19 heavy (non-hydrogen) atoms. The lowest BCUT2D eigenvalue weighted by molar-refractivity contribution is 0.535. The molecule has 1 aromatic rings. The van der Waals surface area contributed by atoms with E-state index in [1.165, 1.54) is 31.4 Å². The van der Waals surface area contributed by atoms with E-state index in [2.05, 4.69) is 24.8 Å². The second-order valence-electron chi connectivity index (χ2n) is 5.87. The zero-order valence-electron chi connectivity index (χ0n) is 11.8. The Morgan fingerprint density at radius 1 is 1.26 bits per heavy atom. The summed E-state index contributed by atoms with van der Waals surface area (Å²) < 4.78 is 0. The molecule has 3 heteroatoms. The molecule has 0 spiro atoms. The molecule has 0 N–H and O–H groups in total. The standard InChI is InChI=1S/C16H23Cl2N/c1-12(2)11-19(14-7-3-4-8-14)16-13(10-17)6-5-9-15(16)18/h5-6,9,12,14H,3-4,7-8,10-11H2,1-2H3. The van der Waals surface area contributed by atoms with Crippen LogP contribution in [0.25, 0.3) is 0 Å². The third-order valence-electron chi connectivity index (χ3n) is 3.83. The van der Waals surface area contributed by atoms with E-state index in [4.69, 9.17) is 23.2 Å². The number of hydrogen-bond donors (Lipinski definition) is 0. The first kappa shape index (κ1) is 15.0. The number of nitrogens with zero attached hydrogens (tertiary/aromatic N) is 1. The molecule has 0 amide bonds. The fraction of sp³-hybridized carbons (Fsp3) is 0.625. The summed E-state index contributed by atoms with van der Waals surface area (Å²) in [4.78, 5) is 2.51. The highest BCUT2D eigenvalue weighted by Gasteiger charge is 2.26. The van der Waals surface area contributed by atoms with Crippen LogP contribution in [0.4, 0.5) is 5.69 Å². The Kier molecular flexibility index (Phi) is 5.41. The predicted octanol–water partition coefficient (Wildman–Crippen LogP) is 5.48. The van der Waals surface area contributed by atoms with Gasteiger partial charge in [-0.2, -0.15) is 0 Å². The van der Waals surface area contributed by atoms with Crippen molar-refractivity contribution in [3.8, 4) is 0 Å². The fourth-order valence-electron chi connectivity index (χ4n) is 3.02. The van der Waals surface area contributed by atoms with Crippen molar-refractivity contribution in [2.45, 2.75) is 51.5 Å². The highest BCUT2D eigenvalue weighted by molar-refractivity contribution is 6.33. The molecule has 0 atom stereocenters. The van der Waals surface area contributed by atoms with Crippen LogP contribution in [0.5, 0.6) is 0 Å². The van der Waals surface area contributed by atoms with E-state index in [0.717, 1.165) is 17.1 Å². The van der Waals surface area contributed by atoms with Gasteiger partial charge in [0.05, 0.1) is 10.7 Å². The average Bonchev–Trinajstić information content (AvgIpc) is 2.89. The second kappa shape index (κ2) is 6.85. The van der Waals surface area contributed by atoms with Crippen LogP contribution < -0.4 is 4.90 Å². The zero-order chi connectivity index (χ0) is 13.8. The van der Waals surface area contributed by atoms with Crippen LogP contribution in [0.1, 0.15) is 45.1 Å². The van der Waals surface area contributed by atoms with E-state index < -0.39 is 0 Å². The molecule has 0 heterocycles. The van der Waals surface area contributed by atoms with Gasteiger partial charge in [0.15, 0.2) is 0 Å². The number of anilines is 1. The van der Waals surface area contributed by atoms with Gasteiger partial charge in [0.25, 0.3) is 0 Å². The average molecular weight is 300 g/mol. The Morgan fingerprint density at radius 3 is 2.53 bits per heavy atom. The normalized spacial score (nSPS) is 16.3. The summed E-state index contributed by atoms with van der Waals surface area (Å²) in [6.07, 6.45) is 5.22. The minimum Gasteiger partial charge on any atom is -0.367 e. The van der Waals surface area contributed by atoms with Crippen LogP contribution in [0.2, 0.25) is 5.02 Å². The van der Waals surface area contributed by atoms with Crippen molar-refractivity contribution in [2.75, 3.05) is 11.4 Å². The van der Waals surface area contributed by atoms with Crippen LogP contribution in [-0.4, -0.2) is 12.6 Å². The minimum atomic E-state index is 0.525. The lowest BCUT2D eigenvalue weighted by atomic mass is 10.1. The predicted molar refractivity (Wildman–Crippen MR) is 85.4 cm³/mol. The number of para-hydroxylation sites is 1. The lowest BCUT2D eigenvalue weighted by Crippen LogP contribution is -2.37. The first-order chi connectivity index (χ1) is 9.13. The second-order valence-corrected chi connectivity index (χ2v) is 6.54. The molecule has 106 valence electrons. The Morgan fingerprint density at radius 2 is 1.95 bits per heavy atom. The molecule has 1 saturated carbocycles. The van der Waals surface area contributed by atoms with Crippen LogP contribution >= 0.6 is 23.2 Å². The molecule has 0 saturated heterocycles. The van der Waals surface area contributed by atoms with Gasteiger partial charge in [0, 0.05) is 18.5 Å². The fourth-order valence-corrected chi connectivity index (χ4v) is 3.54. The highest BCUT2D eigenvalue weighted by Crippen LogP contribution is 2.36. The van der Waals surface area contributed by atoms with Gasteiger partial charge < -0.3 is 4.90 Å². The first-order valence-electron chi connectivity index (χ1n) is 7.23. The van der Waals surface area contributed by atoms with Gasteiger partial charge in [0.1, 0.15) is 0 Å². The molecular weight excluding hydrogens is 277 g/mol. The molecule has 0 aromatic heterocycles. The van der Waals surface area contributed by atoms with Crippen LogP contribution in [0.15, 0.2) is 18.2 Å². The molecule has 0 unspecified atom stereocenters. The summed E-state index contributed by atoms with van der Waals surface area (Å²) >= 11 is 12.6. The van der Waals surface area contributed by atoms with E-state index in [1.807, 2.05) is 12.1 Å². The van der Waals surface area contributed by atoms with Gasteiger partial charge in [-0.05, 0) is 30.4 Å². The lowest BCUT2D eigenvalue weighted by Gasteiger charge is -2.35. The molecule has 0 bridgehead atoms. The summed E-state index contributed by atoms with van der Waals surface area (Å²) in [6.45, 7) is 5.58. The summed E-state index contributed by atoms with van der Waals surface area (Å²) in [5.74, 6) is 1.15. The summed E-state index contributed by atoms with van der Waals surface area (Å²) in [5, 5.41) is 0.839. The first-order valence-corrected chi connectivity index (χ1v) is 8.14. The molecule has 0 aliphatic heterocycles. The SMILES string of the molecule is CC(C)CN(c1c(Cl)cccc1CCl)C1CCCC1. The number of alkyl halides is 1. The van der Waals surface area contributed by atoms with Gasteiger partial charge in [-0.15, -0.1) is 11.6 Å². The van der Waals surface area contributed by atoms with Gasteiger partial charge in [-0.1, -0.05) is 50.4 Å². The van der Waals surface area contributed by atoms with Crippen molar-refractivity contribution in [2.24, 2.45) is 5.92 Å². The van der Waals surface area contributed by atoms with E-state index in [1.54, 1.807) is 0 Å². The van der Waals surface area contributed by atoms with Gasteiger partial charge in [-0.3, -0.25) is 0 Å². The van der Waals surface area contributed by atoms with E-state index in [0.29, 0.717) is 17.8 Å². The maximum Gasteiger partial charge on any atom is 0.0642 e. The van der Waals surface area contributed by atoms with Crippen molar-refractivity contribution in [1.82, 2.24) is 0 Å². The molecule has 1 aromatic carbocycles. The Labute approximate surface area is 126 Å². The molecule has 1 fully saturated rings. The topological polar surface area (TPSA) is 3.24 Å². The maximum atomic E-state index is 6.46. The Balaban J connectivity index is 2.36. The molecule has 0 radical (unpaired) electrons. The molecule has 1 nitrogen and oxygen atoms in total. The summed E-state index contributed by atoms with van der Waals surface area (Å²) in [6, 6.07) is 6.70. The van der Waals surface area contributed by atoms with Crippen LogP contribution in [0.3, 0.4) is 0 Å². The Hall–Kier alpha value is -0.400. The third kappa shape index (κ3) is 3.58. The van der Waals surface area contributed by atoms with Crippen molar-refractivity contribution in [1.29, 1.82) is 0 Å². The van der Waals surface area contributed by atoms with E-state index in [9.17, 15) is 0 Å². The van der Waals surface area contributed by atoms with E-state index >= 15 is 0 Å². The largest absolute Gasteiger partial charge is 0.367 e. The number of hydrogen-bond acceptors (Lipinski definition) is 1. The Bertz CT molecular complexity index is 411. The summed E-state index contributed by atoms with van der Waals surface area (Å²) in [5.41, 5.74) is 2.32.